The zero-order valence-corrected chi connectivity index (χ0v) is 17.5. The predicted octanol–water partition coefficient (Wildman–Crippen LogP) is 4.38. The Morgan fingerprint density at radius 2 is 1.91 bits per heavy atom. The summed E-state index contributed by atoms with van der Waals surface area (Å²) in [5.41, 5.74) is 8.79. The summed E-state index contributed by atoms with van der Waals surface area (Å²) in [5.74, 6) is -0.283. The van der Waals surface area contributed by atoms with Gasteiger partial charge in [-0.2, -0.15) is 5.10 Å². The summed E-state index contributed by atoms with van der Waals surface area (Å²) in [6.07, 6.45) is 6.41. The molecule has 0 atom stereocenters. The highest BCUT2D eigenvalue weighted by Crippen LogP contribution is 2.29. The fourth-order valence-corrected chi connectivity index (χ4v) is 3.69. The van der Waals surface area contributed by atoms with E-state index in [0.717, 1.165) is 16.5 Å². The van der Waals surface area contributed by atoms with Gasteiger partial charge in [0.2, 0.25) is 0 Å². The van der Waals surface area contributed by atoms with E-state index < -0.39 is 5.82 Å². The van der Waals surface area contributed by atoms with E-state index in [9.17, 15) is 9.18 Å². The minimum Gasteiger partial charge on any atom is -0.384 e. The summed E-state index contributed by atoms with van der Waals surface area (Å²) in [5, 5.41) is 5.18. The Labute approximate surface area is 188 Å². The number of aromatic nitrogens is 4. The number of anilines is 2. The van der Waals surface area contributed by atoms with Crippen molar-refractivity contribution in [3.8, 4) is 5.69 Å². The average Bonchev–Trinajstić information content (AvgIpc) is 3.37. The molecule has 5 rings (SSSR count). The van der Waals surface area contributed by atoms with Crippen molar-refractivity contribution < 1.29 is 9.18 Å². The summed E-state index contributed by atoms with van der Waals surface area (Å²) in [4.78, 5) is 23.7. The van der Waals surface area contributed by atoms with Gasteiger partial charge < -0.3 is 10.6 Å². The molecule has 0 aliphatic heterocycles. The molecule has 162 valence electrons. The van der Waals surface area contributed by atoms with Gasteiger partial charge in [-0.05, 0) is 54.1 Å². The topological polar surface area (TPSA) is 89.9 Å². The van der Waals surface area contributed by atoms with Gasteiger partial charge in [0.05, 0.1) is 29.0 Å². The van der Waals surface area contributed by atoms with Crippen LogP contribution in [0.25, 0.3) is 16.6 Å². The lowest BCUT2D eigenvalue weighted by atomic mass is 10.1. The first-order chi connectivity index (χ1) is 16.1. The summed E-state index contributed by atoms with van der Waals surface area (Å²) < 4.78 is 15.7. The van der Waals surface area contributed by atoms with Crippen LogP contribution >= 0.6 is 0 Å². The lowest BCUT2D eigenvalue weighted by Crippen LogP contribution is -2.31. The molecule has 0 aliphatic rings. The zero-order chi connectivity index (χ0) is 22.8. The highest BCUT2D eigenvalue weighted by atomic mass is 19.1. The Kier molecular flexibility index (Phi) is 5.24. The number of pyridine rings is 2. The van der Waals surface area contributed by atoms with Crippen LogP contribution in [0.5, 0.6) is 0 Å². The van der Waals surface area contributed by atoms with E-state index >= 15 is 0 Å². The number of nitrogens with two attached hydrogens (primary N) is 1. The maximum atomic E-state index is 14.2. The first-order valence-corrected chi connectivity index (χ1v) is 10.2. The van der Waals surface area contributed by atoms with E-state index in [1.165, 1.54) is 23.0 Å². The minimum absolute atomic E-state index is 0.222. The minimum atomic E-state index is -0.427. The molecule has 8 heteroatoms. The third-order valence-electron chi connectivity index (χ3n) is 5.25. The second-order valence-electron chi connectivity index (χ2n) is 7.48. The van der Waals surface area contributed by atoms with Gasteiger partial charge in [-0.1, -0.05) is 12.1 Å². The molecule has 0 saturated carbocycles. The van der Waals surface area contributed by atoms with Crippen molar-refractivity contribution in [1.29, 1.82) is 0 Å². The Bertz CT molecular complexity index is 1440. The van der Waals surface area contributed by atoms with Crippen LogP contribution < -0.4 is 10.6 Å². The van der Waals surface area contributed by atoms with Gasteiger partial charge in [-0.15, -0.1) is 0 Å². The van der Waals surface area contributed by atoms with Crippen molar-refractivity contribution in [2.45, 2.75) is 6.54 Å². The van der Waals surface area contributed by atoms with Crippen molar-refractivity contribution in [2.75, 3.05) is 10.6 Å². The second kappa shape index (κ2) is 8.51. The average molecular weight is 438 g/mol. The molecular weight excluding hydrogens is 419 g/mol. The highest BCUT2D eigenvalue weighted by molar-refractivity contribution is 6.07. The van der Waals surface area contributed by atoms with Crippen molar-refractivity contribution in [2.24, 2.45) is 0 Å². The van der Waals surface area contributed by atoms with Gasteiger partial charge in [0.1, 0.15) is 11.6 Å². The van der Waals surface area contributed by atoms with E-state index in [0.29, 0.717) is 22.8 Å². The molecule has 3 heterocycles. The molecule has 0 unspecified atom stereocenters. The molecule has 0 saturated heterocycles. The molecule has 33 heavy (non-hydrogen) atoms. The predicted molar refractivity (Wildman–Crippen MR) is 124 cm³/mol. The van der Waals surface area contributed by atoms with Crippen molar-refractivity contribution in [3.05, 3.63) is 108 Å². The van der Waals surface area contributed by atoms with E-state index in [1.54, 1.807) is 53.8 Å². The molecule has 2 aromatic carbocycles. The fourth-order valence-electron chi connectivity index (χ4n) is 3.69. The van der Waals surface area contributed by atoms with Crippen LogP contribution in [-0.2, 0) is 6.54 Å². The number of nitrogen functional groups attached to an aromatic ring is 1. The number of amides is 1. The van der Waals surface area contributed by atoms with Gasteiger partial charge >= 0.3 is 0 Å². The van der Waals surface area contributed by atoms with Crippen LogP contribution in [0.4, 0.5) is 15.9 Å². The van der Waals surface area contributed by atoms with E-state index in [1.807, 2.05) is 24.3 Å². The van der Waals surface area contributed by atoms with Gasteiger partial charge in [0, 0.05) is 36.2 Å². The fraction of sp³-hybridized carbons (Fsp3) is 0.0400. The van der Waals surface area contributed by atoms with E-state index in [4.69, 9.17) is 5.73 Å². The molecule has 0 aliphatic carbocycles. The van der Waals surface area contributed by atoms with Gasteiger partial charge in [-0.25, -0.2) is 14.1 Å². The first-order valence-electron chi connectivity index (χ1n) is 10.2. The Morgan fingerprint density at radius 3 is 2.70 bits per heavy atom. The van der Waals surface area contributed by atoms with Crippen LogP contribution in [0.3, 0.4) is 0 Å². The number of carbonyl (C=O) groups is 1. The van der Waals surface area contributed by atoms with Gasteiger partial charge in [-0.3, -0.25) is 9.78 Å². The normalized spacial score (nSPS) is 10.9. The van der Waals surface area contributed by atoms with Crippen molar-refractivity contribution >= 4 is 28.3 Å². The number of hydrogen-bond acceptors (Lipinski definition) is 5. The second-order valence-corrected chi connectivity index (χ2v) is 7.48. The molecule has 0 bridgehead atoms. The standard InChI is InChI=1S/C25H19FN6O/c26-20-7-8-22(23(14-20)32-12-2-11-29-32)31(25(33)19-3-1-10-28-15-19)16-17-4-5-18-6-9-24(27)30-21(18)13-17/h1-15H,16H2,(H2,27,30). The number of nitrogens with zero attached hydrogens (tertiary/aromatic N) is 5. The third-order valence-corrected chi connectivity index (χ3v) is 5.25. The Hall–Kier alpha value is -4.59. The molecule has 0 fully saturated rings. The maximum absolute atomic E-state index is 14.2. The van der Waals surface area contributed by atoms with E-state index in [2.05, 4.69) is 15.1 Å². The first kappa shape index (κ1) is 20.3. The maximum Gasteiger partial charge on any atom is 0.260 e. The van der Waals surface area contributed by atoms with Crippen LogP contribution in [-0.4, -0.2) is 25.7 Å². The number of benzene rings is 2. The largest absolute Gasteiger partial charge is 0.384 e. The Morgan fingerprint density at radius 1 is 1.03 bits per heavy atom. The smallest absolute Gasteiger partial charge is 0.260 e. The van der Waals surface area contributed by atoms with Gasteiger partial charge in [0.15, 0.2) is 0 Å². The molecule has 1 amide bonds. The number of carbonyl (C=O) groups excluding carboxylic acids is 1. The quantitative estimate of drug-likeness (QED) is 0.440. The molecule has 7 nitrogen and oxygen atoms in total. The Balaban J connectivity index is 1.63. The van der Waals surface area contributed by atoms with Crippen molar-refractivity contribution in [3.63, 3.8) is 0 Å². The summed E-state index contributed by atoms with van der Waals surface area (Å²) in [7, 11) is 0. The molecular formula is C25H19FN6O. The van der Waals surface area contributed by atoms with Crippen LogP contribution in [0.15, 0.2) is 91.5 Å². The molecule has 0 radical (unpaired) electrons. The van der Waals surface area contributed by atoms with Crippen molar-refractivity contribution in [1.82, 2.24) is 19.7 Å². The number of hydrogen-bond donors (Lipinski definition) is 1. The van der Waals surface area contributed by atoms with Crippen LogP contribution in [0, 0.1) is 5.82 Å². The summed E-state index contributed by atoms with van der Waals surface area (Å²) >= 11 is 0. The summed E-state index contributed by atoms with van der Waals surface area (Å²) in [6, 6.07) is 18.8. The molecule has 2 N–H and O–H groups in total. The zero-order valence-electron chi connectivity index (χ0n) is 17.5. The monoisotopic (exact) mass is 438 g/mol. The SMILES string of the molecule is Nc1ccc2ccc(CN(C(=O)c3cccnc3)c3ccc(F)cc3-n3cccn3)cc2n1. The number of rotatable bonds is 5. The lowest BCUT2D eigenvalue weighted by Gasteiger charge is -2.25. The molecule has 5 aromatic rings. The van der Waals surface area contributed by atoms with E-state index in [-0.39, 0.29) is 12.5 Å². The number of fused-ring (bicyclic) bond motifs is 1. The highest BCUT2D eigenvalue weighted by Gasteiger charge is 2.23. The van der Waals surface area contributed by atoms with Crippen LogP contribution in [0.1, 0.15) is 15.9 Å². The molecule has 0 spiro atoms. The summed E-state index contributed by atoms with van der Waals surface area (Å²) in [6.45, 7) is 0.222. The number of halogens is 1. The third kappa shape index (κ3) is 4.14. The van der Waals surface area contributed by atoms with Crippen LogP contribution in [0.2, 0.25) is 0 Å². The van der Waals surface area contributed by atoms with Gasteiger partial charge in [0.25, 0.3) is 5.91 Å². The molecule has 3 aromatic heterocycles. The lowest BCUT2D eigenvalue weighted by molar-refractivity contribution is 0.0984.